The summed E-state index contributed by atoms with van der Waals surface area (Å²) >= 11 is 0. The number of carbonyl (C=O) groups is 1. The fourth-order valence-corrected chi connectivity index (χ4v) is 3.13. The number of benzene rings is 1. The van der Waals surface area contributed by atoms with Gasteiger partial charge in [0.05, 0.1) is 13.2 Å². The summed E-state index contributed by atoms with van der Waals surface area (Å²) < 4.78 is 10.8. The van der Waals surface area contributed by atoms with Crippen molar-refractivity contribution in [1.82, 2.24) is 4.90 Å². The summed E-state index contributed by atoms with van der Waals surface area (Å²) in [6.45, 7) is 10.5. The third kappa shape index (κ3) is 4.75. The first-order chi connectivity index (χ1) is 11.9. The van der Waals surface area contributed by atoms with Crippen LogP contribution in [0.3, 0.4) is 0 Å². The molecule has 0 unspecified atom stereocenters. The van der Waals surface area contributed by atoms with Crippen molar-refractivity contribution >= 4 is 17.4 Å². The normalized spacial score (nSPS) is 18.8. The minimum absolute atomic E-state index is 0.231. The number of hydrogen-bond donors (Lipinski definition) is 0. The van der Waals surface area contributed by atoms with Crippen LogP contribution < -0.4 is 4.90 Å². The Labute approximate surface area is 150 Å². The SMILES string of the molecule is CC(C)(C)OC(=O)N1CC=C(c2ccc(N3CCOCC3)cc2)CC1. The second kappa shape index (κ2) is 7.48. The molecule has 1 saturated heterocycles. The molecule has 5 heteroatoms. The molecule has 2 heterocycles. The summed E-state index contributed by atoms with van der Waals surface area (Å²) in [7, 11) is 0. The van der Waals surface area contributed by atoms with Gasteiger partial charge in [-0.1, -0.05) is 18.2 Å². The lowest BCUT2D eigenvalue weighted by molar-refractivity contribution is 0.0270. The molecule has 2 aliphatic heterocycles. The zero-order valence-corrected chi connectivity index (χ0v) is 15.5. The van der Waals surface area contributed by atoms with Gasteiger partial charge in [0.1, 0.15) is 5.60 Å². The van der Waals surface area contributed by atoms with E-state index in [1.807, 2.05) is 20.8 Å². The third-order valence-corrected chi connectivity index (χ3v) is 4.48. The molecule has 2 aliphatic rings. The molecule has 5 nitrogen and oxygen atoms in total. The molecule has 0 radical (unpaired) electrons. The quantitative estimate of drug-likeness (QED) is 0.823. The predicted octanol–water partition coefficient (Wildman–Crippen LogP) is 3.55. The van der Waals surface area contributed by atoms with Gasteiger partial charge in [-0.3, -0.25) is 0 Å². The molecule has 0 bridgehead atoms. The standard InChI is InChI=1S/C20H28N2O3/c1-20(2,3)25-19(23)22-10-8-17(9-11-22)16-4-6-18(7-5-16)21-12-14-24-15-13-21/h4-8H,9-15H2,1-3H3. The van der Waals surface area contributed by atoms with E-state index in [9.17, 15) is 4.79 Å². The first-order valence-electron chi connectivity index (χ1n) is 9.02. The van der Waals surface area contributed by atoms with E-state index in [1.54, 1.807) is 4.90 Å². The predicted molar refractivity (Wildman–Crippen MR) is 99.9 cm³/mol. The monoisotopic (exact) mass is 344 g/mol. The van der Waals surface area contributed by atoms with Crippen LogP contribution in [-0.2, 0) is 9.47 Å². The molecule has 0 saturated carbocycles. The number of rotatable bonds is 2. The lowest BCUT2D eigenvalue weighted by Gasteiger charge is -2.30. The molecule has 0 atom stereocenters. The van der Waals surface area contributed by atoms with Gasteiger partial charge in [-0.05, 0) is 50.5 Å². The van der Waals surface area contributed by atoms with Gasteiger partial charge in [-0.2, -0.15) is 0 Å². The average Bonchev–Trinajstić information content (AvgIpc) is 2.61. The molecule has 0 aromatic heterocycles. The van der Waals surface area contributed by atoms with E-state index in [1.165, 1.54) is 16.8 Å². The van der Waals surface area contributed by atoms with E-state index in [0.717, 1.165) is 32.7 Å². The Hall–Kier alpha value is -2.01. The molecular weight excluding hydrogens is 316 g/mol. The molecule has 0 N–H and O–H groups in total. The van der Waals surface area contributed by atoms with Crippen molar-refractivity contribution in [3.63, 3.8) is 0 Å². The number of nitrogens with zero attached hydrogens (tertiary/aromatic N) is 2. The maximum absolute atomic E-state index is 12.1. The van der Waals surface area contributed by atoms with Crippen LogP contribution in [0.15, 0.2) is 30.3 Å². The first-order valence-corrected chi connectivity index (χ1v) is 9.02. The number of hydrogen-bond acceptors (Lipinski definition) is 4. The van der Waals surface area contributed by atoms with Crippen LogP contribution in [0.4, 0.5) is 10.5 Å². The number of ether oxygens (including phenoxy) is 2. The van der Waals surface area contributed by atoms with Crippen molar-refractivity contribution in [2.24, 2.45) is 0 Å². The van der Waals surface area contributed by atoms with Gasteiger partial charge in [0.15, 0.2) is 0 Å². The summed E-state index contributed by atoms with van der Waals surface area (Å²) in [6, 6.07) is 8.73. The second-order valence-electron chi connectivity index (χ2n) is 7.55. The highest BCUT2D eigenvalue weighted by Crippen LogP contribution is 2.26. The van der Waals surface area contributed by atoms with Crippen LogP contribution in [0.2, 0.25) is 0 Å². The fourth-order valence-electron chi connectivity index (χ4n) is 3.13. The zero-order chi connectivity index (χ0) is 17.9. The van der Waals surface area contributed by atoms with Gasteiger partial charge < -0.3 is 19.3 Å². The Balaban J connectivity index is 1.60. The minimum Gasteiger partial charge on any atom is -0.444 e. The number of morpholine rings is 1. The largest absolute Gasteiger partial charge is 0.444 e. The van der Waals surface area contributed by atoms with Crippen LogP contribution in [-0.4, -0.2) is 56.0 Å². The molecule has 1 fully saturated rings. The maximum atomic E-state index is 12.1. The van der Waals surface area contributed by atoms with Gasteiger partial charge >= 0.3 is 6.09 Å². The van der Waals surface area contributed by atoms with Crippen molar-refractivity contribution in [2.75, 3.05) is 44.3 Å². The molecule has 1 aromatic rings. The minimum atomic E-state index is -0.448. The Morgan fingerprint density at radius 2 is 1.76 bits per heavy atom. The van der Waals surface area contributed by atoms with E-state index in [4.69, 9.17) is 9.47 Å². The summed E-state index contributed by atoms with van der Waals surface area (Å²) in [5.74, 6) is 0. The van der Waals surface area contributed by atoms with E-state index in [0.29, 0.717) is 13.1 Å². The van der Waals surface area contributed by atoms with Crippen molar-refractivity contribution in [3.8, 4) is 0 Å². The lowest BCUT2D eigenvalue weighted by atomic mass is 9.99. The van der Waals surface area contributed by atoms with Gasteiger partial charge in [-0.15, -0.1) is 0 Å². The summed E-state index contributed by atoms with van der Waals surface area (Å²) in [5, 5.41) is 0. The number of carbonyl (C=O) groups excluding carboxylic acids is 1. The molecule has 3 rings (SSSR count). The highest BCUT2D eigenvalue weighted by atomic mass is 16.6. The zero-order valence-electron chi connectivity index (χ0n) is 15.5. The Morgan fingerprint density at radius 3 is 2.32 bits per heavy atom. The number of anilines is 1. The Kier molecular flexibility index (Phi) is 5.33. The molecule has 136 valence electrons. The lowest BCUT2D eigenvalue weighted by Crippen LogP contribution is -2.39. The molecular formula is C20H28N2O3. The van der Waals surface area contributed by atoms with Crippen molar-refractivity contribution in [1.29, 1.82) is 0 Å². The third-order valence-electron chi connectivity index (χ3n) is 4.48. The van der Waals surface area contributed by atoms with E-state index in [2.05, 4.69) is 35.2 Å². The molecule has 0 aliphatic carbocycles. The highest BCUT2D eigenvalue weighted by molar-refractivity contribution is 5.73. The van der Waals surface area contributed by atoms with Crippen LogP contribution in [0, 0.1) is 0 Å². The van der Waals surface area contributed by atoms with Gasteiger partial charge in [-0.25, -0.2) is 4.79 Å². The summed E-state index contributed by atoms with van der Waals surface area (Å²) in [5.41, 5.74) is 3.34. The molecule has 0 spiro atoms. The van der Waals surface area contributed by atoms with Crippen molar-refractivity contribution in [2.45, 2.75) is 32.8 Å². The van der Waals surface area contributed by atoms with Gasteiger partial charge in [0.25, 0.3) is 0 Å². The summed E-state index contributed by atoms with van der Waals surface area (Å²) in [6.07, 6.45) is 2.76. The van der Waals surface area contributed by atoms with Gasteiger partial charge in [0.2, 0.25) is 0 Å². The molecule has 1 amide bonds. The first kappa shape index (κ1) is 17.8. The van der Waals surface area contributed by atoms with E-state index < -0.39 is 5.60 Å². The Bertz CT molecular complexity index is 625. The second-order valence-corrected chi connectivity index (χ2v) is 7.55. The average molecular weight is 344 g/mol. The fraction of sp³-hybridized carbons (Fsp3) is 0.550. The van der Waals surface area contributed by atoms with Crippen molar-refractivity contribution in [3.05, 3.63) is 35.9 Å². The highest BCUT2D eigenvalue weighted by Gasteiger charge is 2.23. The van der Waals surface area contributed by atoms with E-state index in [-0.39, 0.29) is 6.09 Å². The van der Waals surface area contributed by atoms with E-state index >= 15 is 0 Å². The van der Waals surface area contributed by atoms with Crippen LogP contribution >= 0.6 is 0 Å². The van der Waals surface area contributed by atoms with Crippen LogP contribution in [0.25, 0.3) is 5.57 Å². The Morgan fingerprint density at radius 1 is 1.08 bits per heavy atom. The smallest absolute Gasteiger partial charge is 0.410 e. The number of amides is 1. The van der Waals surface area contributed by atoms with Crippen LogP contribution in [0.5, 0.6) is 0 Å². The van der Waals surface area contributed by atoms with Crippen molar-refractivity contribution < 1.29 is 14.3 Å². The maximum Gasteiger partial charge on any atom is 0.410 e. The molecule has 1 aromatic carbocycles. The van der Waals surface area contributed by atoms with Gasteiger partial charge in [0, 0.05) is 31.9 Å². The molecule has 25 heavy (non-hydrogen) atoms. The topological polar surface area (TPSA) is 42.0 Å². The summed E-state index contributed by atoms with van der Waals surface area (Å²) in [4.78, 5) is 16.3. The van der Waals surface area contributed by atoms with Crippen LogP contribution in [0.1, 0.15) is 32.8 Å².